The molecule has 1 aliphatic heterocycles. The summed E-state index contributed by atoms with van der Waals surface area (Å²) in [5.41, 5.74) is 7.23. The smallest absolute Gasteiger partial charge is 0.251 e. The minimum Gasteiger partial charge on any atom is -0.369 e. The molecule has 5 nitrogen and oxygen atoms in total. The van der Waals surface area contributed by atoms with Gasteiger partial charge in [-0.1, -0.05) is 0 Å². The molecule has 0 saturated carbocycles. The molecule has 1 fully saturated rings. The number of carbonyl (C=O) groups is 1. The summed E-state index contributed by atoms with van der Waals surface area (Å²) >= 11 is 0. The Morgan fingerprint density at radius 3 is 2.42 bits per heavy atom. The van der Waals surface area contributed by atoms with Crippen LogP contribution in [-0.4, -0.2) is 57.1 Å². The molecule has 0 atom stereocenters. The standard InChI is InChI=1S/C14H22N4O/c1-17-8-10-18(11-9-17)13-4-2-12(3-5-13)14(19)16-7-6-15/h2-5H,6-11,15H2,1H3,(H,16,19). The third-order valence-corrected chi connectivity index (χ3v) is 3.43. The van der Waals surface area contributed by atoms with Crippen LogP contribution >= 0.6 is 0 Å². The second kappa shape index (κ2) is 6.54. The highest BCUT2D eigenvalue weighted by Crippen LogP contribution is 2.16. The first-order valence-corrected chi connectivity index (χ1v) is 6.72. The van der Waals surface area contributed by atoms with E-state index in [-0.39, 0.29) is 5.91 Å². The van der Waals surface area contributed by atoms with E-state index in [0.717, 1.165) is 26.2 Å². The maximum absolute atomic E-state index is 11.7. The molecule has 0 unspecified atom stereocenters. The SMILES string of the molecule is CN1CCN(c2ccc(C(=O)NCCN)cc2)CC1. The highest BCUT2D eigenvalue weighted by atomic mass is 16.1. The summed E-state index contributed by atoms with van der Waals surface area (Å²) in [4.78, 5) is 16.4. The van der Waals surface area contributed by atoms with Crippen LogP contribution in [0.1, 0.15) is 10.4 Å². The first-order valence-electron chi connectivity index (χ1n) is 6.72. The molecule has 0 spiro atoms. The number of nitrogens with zero attached hydrogens (tertiary/aromatic N) is 2. The number of carbonyl (C=O) groups excluding carboxylic acids is 1. The van der Waals surface area contributed by atoms with Crippen molar-refractivity contribution in [2.45, 2.75) is 0 Å². The van der Waals surface area contributed by atoms with Gasteiger partial charge in [0.15, 0.2) is 0 Å². The highest BCUT2D eigenvalue weighted by Gasteiger charge is 2.14. The van der Waals surface area contributed by atoms with E-state index in [4.69, 9.17) is 5.73 Å². The first-order chi connectivity index (χ1) is 9.20. The molecule has 5 heteroatoms. The Hall–Kier alpha value is -1.59. The minimum atomic E-state index is -0.0598. The van der Waals surface area contributed by atoms with Crippen molar-refractivity contribution in [2.75, 3.05) is 51.2 Å². The predicted octanol–water partition coefficient (Wildman–Crippen LogP) is 0.127. The largest absolute Gasteiger partial charge is 0.369 e. The molecule has 1 aromatic carbocycles. The van der Waals surface area contributed by atoms with E-state index in [0.29, 0.717) is 18.7 Å². The Morgan fingerprint density at radius 2 is 1.84 bits per heavy atom. The topological polar surface area (TPSA) is 61.6 Å². The molecule has 19 heavy (non-hydrogen) atoms. The lowest BCUT2D eigenvalue weighted by Gasteiger charge is -2.34. The fraction of sp³-hybridized carbons (Fsp3) is 0.500. The number of rotatable bonds is 4. The summed E-state index contributed by atoms with van der Waals surface area (Å²) in [7, 11) is 2.14. The summed E-state index contributed by atoms with van der Waals surface area (Å²) in [6.45, 7) is 5.21. The zero-order valence-electron chi connectivity index (χ0n) is 11.4. The number of anilines is 1. The second-order valence-corrected chi connectivity index (χ2v) is 4.88. The third-order valence-electron chi connectivity index (χ3n) is 3.43. The zero-order valence-corrected chi connectivity index (χ0v) is 11.4. The van der Waals surface area contributed by atoms with Gasteiger partial charge in [-0.15, -0.1) is 0 Å². The van der Waals surface area contributed by atoms with Crippen LogP contribution in [0.25, 0.3) is 0 Å². The molecule has 0 radical (unpaired) electrons. The Balaban J connectivity index is 1.96. The number of nitrogens with one attached hydrogen (secondary N) is 1. The highest BCUT2D eigenvalue weighted by molar-refractivity contribution is 5.94. The van der Waals surface area contributed by atoms with Crippen molar-refractivity contribution in [2.24, 2.45) is 5.73 Å². The fourth-order valence-corrected chi connectivity index (χ4v) is 2.18. The van der Waals surface area contributed by atoms with Gasteiger partial charge in [-0.25, -0.2) is 0 Å². The van der Waals surface area contributed by atoms with Crippen LogP contribution in [-0.2, 0) is 0 Å². The van der Waals surface area contributed by atoms with Crippen LogP contribution in [0.5, 0.6) is 0 Å². The second-order valence-electron chi connectivity index (χ2n) is 4.88. The number of piperazine rings is 1. The van der Waals surface area contributed by atoms with E-state index in [9.17, 15) is 4.79 Å². The maximum Gasteiger partial charge on any atom is 0.251 e. The molecule has 2 rings (SSSR count). The van der Waals surface area contributed by atoms with Crippen LogP contribution in [0.2, 0.25) is 0 Å². The van der Waals surface area contributed by atoms with Gasteiger partial charge in [-0.2, -0.15) is 0 Å². The summed E-state index contributed by atoms with van der Waals surface area (Å²) in [6, 6.07) is 7.78. The van der Waals surface area contributed by atoms with Crippen molar-refractivity contribution in [3.63, 3.8) is 0 Å². The number of benzene rings is 1. The van der Waals surface area contributed by atoms with Crippen molar-refractivity contribution < 1.29 is 4.79 Å². The average molecular weight is 262 g/mol. The zero-order chi connectivity index (χ0) is 13.7. The van der Waals surface area contributed by atoms with Gasteiger partial charge in [0.05, 0.1) is 0 Å². The Bertz CT molecular complexity index is 410. The van der Waals surface area contributed by atoms with E-state index in [2.05, 4.69) is 22.2 Å². The van der Waals surface area contributed by atoms with Gasteiger partial charge in [-0.3, -0.25) is 4.79 Å². The van der Waals surface area contributed by atoms with Crippen LogP contribution in [0.15, 0.2) is 24.3 Å². The lowest BCUT2D eigenvalue weighted by molar-refractivity contribution is 0.0955. The van der Waals surface area contributed by atoms with E-state index in [1.807, 2.05) is 24.3 Å². The van der Waals surface area contributed by atoms with Gasteiger partial charge in [0.1, 0.15) is 0 Å². The monoisotopic (exact) mass is 262 g/mol. The predicted molar refractivity (Wildman–Crippen MR) is 77.5 cm³/mol. The molecule has 1 aromatic rings. The van der Waals surface area contributed by atoms with Gasteiger partial charge in [0.25, 0.3) is 5.91 Å². The summed E-state index contributed by atoms with van der Waals surface area (Å²) in [5, 5.41) is 2.77. The number of hydrogen-bond donors (Lipinski definition) is 2. The fourth-order valence-electron chi connectivity index (χ4n) is 2.18. The van der Waals surface area contributed by atoms with Crippen LogP contribution in [0.3, 0.4) is 0 Å². The van der Waals surface area contributed by atoms with Crippen LogP contribution in [0.4, 0.5) is 5.69 Å². The summed E-state index contributed by atoms with van der Waals surface area (Å²) < 4.78 is 0. The molecule has 1 saturated heterocycles. The van der Waals surface area contributed by atoms with E-state index < -0.39 is 0 Å². The molecule has 0 aliphatic carbocycles. The Morgan fingerprint density at radius 1 is 1.21 bits per heavy atom. The van der Waals surface area contributed by atoms with Crippen molar-refractivity contribution in [3.8, 4) is 0 Å². The molecule has 104 valence electrons. The number of hydrogen-bond acceptors (Lipinski definition) is 4. The summed E-state index contributed by atoms with van der Waals surface area (Å²) in [6.07, 6.45) is 0. The van der Waals surface area contributed by atoms with E-state index in [1.54, 1.807) is 0 Å². The molecule has 1 amide bonds. The number of amides is 1. The molecule has 0 bridgehead atoms. The van der Waals surface area contributed by atoms with Gasteiger partial charge in [-0.05, 0) is 31.3 Å². The van der Waals surface area contributed by atoms with E-state index >= 15 is 0 Å². The van der Waals surface area contributed by atoms with Gasteiger partial charge >= 0.3 is 0 Å². The normalized spacial score (nSPS) is 16.4. The Labute approximate surface area is 114 Å². The van der Waals surface area contributed by atoms with Crippen molar-refractivity contribution in [1.29, 1.82) is 0 Å². The molecular formula is C14H22N4O. The van der Waals surface area contributed by atoms with Gasteiger partial charge < -0.3 is 20.9 Å². The van der Waals surface area contributed by atoms with Crippen molar-refractivity contribution >= 4 is 11.6 Å². The van der Waals surface area contributed by atoms with Crippen molar-refractivity contribution in [1.82, 2.24) is 10.2 Å². The molecule has 0 aromatic heterocycles. The van der Waals surface area contributed by atoms with Gasteiger partial charge in [0.2, 0.25) is 0 Å². The molecule has 1 heterocycles. The Kier molecular flexibility index (Phi) is 4.76. The first kappa shape index (κ1) is 13.8. The van der Waals surface area contributed by atoms with Crippen LogP contribution in [0, 0.1) is 0 Å². The quantitative estimate of drug-likeness (QED) is 0.809. The van der Waals surface area contributed by atoms with Gasteiger partial charge in [0, 0.05) is 50.5 Å². The lowest BCUT2D eigenvalue weighted by atomic mass is 10.1. The number of likely N-dealkylation sites (N-methyl/N-ethyl adjacent to an activating group) is 1. The third kappa shape index (κ3) is 3.68. The molecular weight excluding hydrogens is 240 g/mol. The maximum atomic E-state index is 11.7. The minimum absolute atomic E-state index is 0.0598. The average Bonchev–Trinajstić information content (AvgIpc) is 2.46. The molecule has 3 N–H and O–H groups in total. The van der Waals surface area contributed by atoms with E-state index in [1.165, 1.54) is 5.69 Å². The van der Waals surface area contributed by atoms with Crippen LogP contribution < -0.4 is 16.0 Å². The lowest BCUT2D eigenvalue weighted by Crippen LogP contribution is -2.44. The number of nitrogens with two attached hydrogens (primary N) is 1. The molecule has 1 aliphatic rings. The summed E-state index contributed by atoms with van der Waals surface area (Å²) in [5.74, 6) is -0.0598. The van der Waals surface area contributed by atoms with Crippen molar-refractivity contribution in [3.05, 3.63) is 29.8 Å².